The van der Waals surface area contributed by atoms with Gasteiger partial charge in [-0.05, 0) is 13.0 Å². The second kappa shape index (κ2) is 4.45. The van der Waals surface area contributed by atoms with Crippen molar-refractivity contribution in [1.29, 1.82) is 0 Å². The molecule has 1 heterocycles. The maximum absolute atomic E-state index is 13.5. The highest BCUT2D eigenvalue weighted by atomic mass is 19.1. The molecule has 2 rings (SSSR count). The van der Waals surface area contributed by atoms with E-state index in [4.69, 9.17) is 5.73 Å². The third-order valence-corrected chi connectivity index (χ3v) is 2.63. The predicted octanol–water partition coefficient (Wildman–Crippen LogP) is 1.84. The van der Waals surface area contributed by atoms with Crippen LogP contribution in [0.5, 0.6) is 0 Å². The second-order valence-electron chi connectivity index (χ2n) is 3.68. The number of rotatable bonds is 3. The molecule has 0 aliphatic carbocycles. The third kappa shape index (κ3) is 1.97. The van der Waals surface area contributed by atoms with Crippen LogP contribution >= 0.6 is 0 Å². The lowest BCUT2D eigenvalue weighted by atomic mass is 10.2. The number of imidazole rings is 1. The maximum atomic E-state index is 13.5. The van der Waals surface area contributed by atoms with Gasteiger partial charge in [-0.15, -0.1) is 0 Å². The van der Waals surface area contributed by atoms with Crippen LogP contribution in [-0.2, 0) is 13.1 Å². The average Bonchev–Trinajstić information content (AvgIpc) is 2.63. The molecule has 0 aliphatic heterocycles. The molecule has 0 saturated carbocycles. The van der Waals surface area contributed by atoms with E-state index in [2.05, 4.69) is 4.98 Å². The summed E-state index contributed by atoms with van der Waals surface area (Å²) in [5.74, 6) is 0.655. The lowest BCUT2D eigenvalue weighted by Crippen LogP contribution is -2.10. The second-order valence-corrected chi connectivity index (χ2v) is 3.68. The summed E-state index contributed by atoms with van der Waals surface area (Å²) < 4.78 is 15.4. The van der Waals surface area contributed by atoms with Crippen molar-refractivity contribution in [1.82, 2.24) is 9.55 Å². The largest absolute Gasteiger partial charge is 0.326 e. The lowest BCUT2D eigenvalue weighted by molar-refractivity contribution is 0.592. The molecule has 0 unspecified atom stereocenters. The van der Waals surface area contributed by atoms with E-state index < -0.39 is 0 Å². The van der Waals surface area contributed by atoms with Crippen LogP contribution in [0, 0.1) is 12.7 Å². The standard InChI is InChI=1S/C12H14FN3/c1-9-15-7-11(6-14)16(9)8-10-4-2-3-5-12(10)13/h2-5,7H,6,8,14H2,1H3. The van der Waals surface area contributed by atoms with Crippen molar-refractivity contribution < 1.29 is 4.39 Å². The first-order chi connectivity index (χ1) is 7.72. The molecule has 0 bridgehead atoms. The third-order valence-electron chi connectivity index (χ3n) is 2.63. The van der Waals surface area contributed by atoms with Gasteiger partial charge in [0.15, 0.2) is 0 Å². The Labute approximate surface area is 93.7 Å². The molecule has 4 heteroatoms. The van der Waals surface area contributed by atoms with Gasteiger partial charge in [-0.2, -0.15) is 0 Å². The summed E-state index contributed by atoms with van der Waals surface area (Å²) in [7, 11) is 0. The zero-order valence-electron chi connectivity index (χ0n) is 9.15. The molecule has 1 aromatic heterocycles. The van der Waals surface area contributed by atoms with Crippen LogP contribution in [0.15, 0.2) is 30.5 Å². The maximum Gasteiger partial charge on any atom is 0.128 e. The van der Waals surface area contributed by atoms with E-state index in [-0.39, 0.29) is 5.82 Å². The SMILES string of the molecule is Cc1ncc(CN)n1Cc1ccccc1F. The van der Waals surface area contributed by atoms with Gasteiger partial charge in [-0.25, -0.2) is 9.37 Å². The summed E-state index contributed by atoms with van der Waals surface area (Å²) in [6.45, 7) is 2.78. The fourth-order valence-corrected chi connectivity index (χ4v) is 1.69. The van der Waals surface area contributed by atoms with Crippen molar-refractivity contribution in [3.63, 3.8) is 0 Å². The summed E-state index contributed by atoms with van der Waals surface area (Å²) in [6, 6.07) is 6.75. The van der Waals surface area contributed by atoms with Crippen LogP contribution in [-0.4, -0.2) is 9.55 Å². The summed E-state index contributed by atoms with van der Waals surface area (Å²) in [4.78, 5) is 4.17. The summed E-state index contributed by atoms with van der Waals surface area (Å²) >= 11 is 0. The highest BCUT2D eigenvalue weighted by Crippen LogP contribution is 2.12. The summed E-state index contributed by atoms with van der Waals surface area (Å²) in [5.41, 5.74) is 7.17. The van der Waals surface area contributed by atoms with Gasteiger partial charge in [0, 0.05) is 18.3 Å². The fraction of sp³-hybridized carbons (Fsp3) is 0.250. The molecule has 84 valence electrons. The van der Waals surface area contributed by atoms with Crippen molar-refractivity contribution in [3.05, 3.63) is 53.4 Å². The highest BCUT2D eigenvalue weighted by Gasteiger charge is 2.08. The van der Waals surface area contributed by atoms with E-state index in [1.807, 2.05) is 17.6 Å². The van der Waals surface area contributed by atoms with Gasteiger partial charge in [0.2, 0.25) is 0 Å². The van der Waals surface area contributed by atoms with Crippen LogP contribution in [0.2, 0.25) is 0 Å². The minimum Gasteiger partial charge on any atom is -0.326 e. The molecular weight excluding hydrogens is 205 g/mol. The number of benzene rings is 1. The number of nitrogens with zero attached hydrogens (tertiary/aromatic N) is 2. The Morgan fingerprint density at radius 2 is 2.12 bits per heavy atom. The van der Waals surface area contributed by atoms with Crippen LogP contribution in [0.1, 0.15) is 17.1 Å². The molecule has 0 fully saturated rings. The van der Waals surface area contributed by atoms with Gasteiger partial charge in [0.25, 0.3) is 0 Å². The normalized spacial score (nSPS) is 10.7. The van der Waals surface area contributed by atoms with Crippen molar-refractivity contribution in [2.24, 2.45) is 5.73 Å². The van der Waals surface area contributed by atoms with Gasteiger partial charge in [0.05, 0.1) is 12.2 Å². The van der Waals surface area contributed by atoms with E-state index in [9.17, 15) is 4.39 Å². The van der Waals surface area contributed by atoms with Gasteiger partial charge in [-0.3, -0.25) is 0 Å². The molecule has 2 aromatic rings. The minimum absolute atomic E-state index is 0.196. The van der Waals surface area contributed by atoms with Gasteiger partial charge >= 0.3 is 0 Å². The Hall–Kier alpha value is -1.68. The van der Waals surface area contributed by atoms with Gasteiger partial charge < -0.3 is 10.3 Å². The zero-order chi connectivity index (χ0) is 11.5. The van der Waals surface area contributed by atoms with Crippen molar-refractivity contribution in [2.45, 2.75) is 20.0 Å². The monoisotopic (exact) mass is 219 g/mol. The molecule has 0 aliphatic rings. The molecule has 1 aromatic carbocycles. The molecule has 2 N–H and O–H groups in total. The smallest absolute Gasteiger partial charge is 0.128 e. The Kier molecular flexibility index (Phi) is 3.01. The molecule has 3 nitrogen and oxygen atoms in total. The molecule has 0 spiro atoms. The first-order valence-corrected chi connectivity index (χ1v) is 5.17. The minimum atomic E-state index is -0.196. The van der Waals surface area contributed by atoms with E-state index in [1.54, 1.807) is 18.3 Å². The fourth-order valence-electron chi connectivity index (χ4n) is 1.69. The van der Waals surface area contributed by atoms with Crippen molar-refractivity contribution >= 4 is 0 Å². The quantitative estimate of drug-likeness (QED) is 0.856. The summed E-state index contributed by atoms with van der Waals surface area (Å²) in [5, 5.41) is 0. The molecule has 0 atom stereocenters. The molecular formula is C12H14FN3. The molecule has 0 saturated heterocycles. The Bertz CT molecular complexity index is 491. The number of aromatic nitrogens is 2. The van der Waals surface area contributed by atoms with Crippen LogP contribution in [0.3, 0.4) is 0 Å². The highest BCUT2D eigenvalue weighted by molar-refractivity contribution is 5.19. The average molecular weight is 219 g/mol. The van der Waals surface area contributed by atoms with Crippen LogP contribution in [0.4, 0.5) is 4.39 Å². The zero-order valence-corrected chi connectivity index (χ0v) is 9.15. The van der Waals surface area contributed by atoms with E-state index in [1.165, 1.54) is 6.07 Å². The number of aryl methyl sites for hydroxylation is 1. The molecule has 0 radical (unpaired) electrons. The Morgan fingerprint density at radius 1 is 1.38 bits per heavy atom. The first-order valence-electron chi connectivity index (χ1n) is 5.17. The van der Waals surface area contributed by atoms with Crippen molar-refractivity contribution in [3.8, 4) is 0 Å². The number of hydrogen-bond donors (Lipinski definition) is 1. The topological polar surface area (TPSA) is 43.8 Å². The molecule has 16 heavy (non-hydrogen) atoms. The van der Waals surface area contributed by atoms with Gasteiger partial charge in [0.1, 0.15) is 11.6 Å². The first kappa shape index (κ1) is 10.8. The van der Waals surface area contributed by atoms with E-state index in [0.717, 1.165) is 11.5 Å². The number of hydrogen-bond acceptors (Lipinski definition) is 2. The van der Waals surface area contributed by atoms with Crippen molar-refractivity contribution in [2.75, 3.05) is 0 Å². The Balaban J connectivity index is 2.33. The molecule has 0 amide bonds. The van der Waals surface area contributed by atoms with Crippen LogP contribution in [0.25, 0.3) is 0 Å². The predicted molar refractivity (Wildman–Crippen MR) is 60.4 cm³/mol. The van der Waals surface area contributed by atoms with Crippen LogP contribution < -0.4 is 5.73 Å². The lowest BCUT2D eigenvalue weighted by Gasteiger charge is -2.09. The Morgan fingerprint density at radius 3 is 2.81 bits per heavy atom. The number of halogens is 1. The van der Waals surface area contributed by atoms with E-state index in [0.29, 0.717) is 18.7 Å². The van der Waals surface area contributed by atoms with Gasteiger partial charge in [-0.1, -0.05) is 18.2 Å². The number of nitrogens with two attached hydrogens (primary N) is 1. The van der Waals surface area contributed by atoms with E-state index >= 15 is 0 Å². The summed E-state index contributed by atoms with van der Waals surface area (Å²) in [6.07, 6.45) is 1.73.